The molecule has 3 nitrogen and oxygen atoms in total. The van der Waals surface area contributed by atoms with Crippen molar-refractivity contribution in [2.75, 3.05) is 5.75 Å². The molecule has 1 aliphatic rings. The number of aromatic nitrogens is 2. The molecule has 1 aliphatic carbocycles. The second-order valence-corrected chi connectivity index (χ2v) is 6.46. The van der Waals surface area contributed by atoms with Gasteiger partial charge in [0.2, 0.25) is 0 Å². The van der Waals surface area contributed by atoms with Crippen molar-refractivity contribution >= 4 is 17.5 Å². The molecule has 0 aliphatic heterocycles. The van der Waals surface area contributed by atoms with Crippen LogP contribution in [0.15, 0.2) is 66.1 Å². The molecule has 0 N–H and O–H groups in total. The van der Waals surface area contributed by atoms with E-state index in [0.717, 1.165) is 17.0 Å². The zero-order valence-electron chi connectivity index (χ0n) is 12.4. The maximum Gasteiger partial charge on any atom is 0.173 e. The summed E-state index contributed by atoms with van der Waals surface area (Å²) in [5.74, 6) is 0.492. The van der Waals surface area contributed by atoms with E-state index in [-0.39, 0.29) is 5.78 Å². The molecule has 2 aromatic carbocycles. The van der Waals surface area contributed by atoms with Crippen molar-refractivity contribution in [3.8, 4) is 11.1 Å². The number of hydrogen-bond donors (Lipinski definition) is 0. The van der Waals surface area contributed by atoms with Gasteiger partial charge in [0.25, 0.3) is 0 Å². The minimum absolute atomic E-state index is 0.118. The largest absolute Gasteiger partial charge is 0.293 e. The molecule has 4 rings (SSSR count). The number of carbonyl (C=O) groups is 1. The van der Waals surface area contributed by atoms with Crippen molar-refractivity contribution in [3.63, 3.8) is 0 Å². The zero-order valence-corrected chi connectivity index (χ0v) is 13.2. The predicted octanol–water partition coefficient (Wildman–Crippen LogP) is 4.02. The van der Waals surface area contributed by atoms with Gasteiger partial charge in [0.05, 0.1) is 11.9 Å². The molecule has 0 radical (unpaired) electrons. The van der Waals surface area contributed by atoms with Crippen LogP contribution in [0.3, 0.4) is 0 Å². The molecule has 0 atom stereocenters. The van der Waals surface area contributed by atoms with Crippen molar-refractivity contribution < 1.29 is 4.79 Å². The minimum Gasteiger partial charge on any atom is -0.293 e. The van der Waals surface area contributed by atoms with E-state index in [1.807, 2.05) is 18.2 Å². The van der Waals surface area contributed by atoms with Crippen molar-refractivity contribution in [1.29, 1.82) is 0 Å². The first kappa shape index (κ1) is 14.2. The molecule has 0 fully saturated rings. The summed E-state index contributed by atoms with van der Waals surface area (Å²) in [6.07, 6.45) is 5.90. The summed E-state index contributed by atoms with van der Waals surface area (Å²) in [5.41, 5.74) is 5.83. The summed E-state index contributed by atoms with van der Waals surface area (Å²) < 4.78 is 0. The van der Waals surface area contributed by atoms with Crippen LogP contribution in [0.4, 0.5) is 0 Å². The van der Waals surface area contributed by atoms with Gasteiger partial charge in [-0.15, -0.1) is 0 Å². The summed E-state index contributed by atoms with van der Waals surface area (Å²) in [7, 11) is 0. The van der Waals surface area contributed by atoms with Gasteiger partial charge in [-0.3, -0.25) is 9.78 Å². The third kappa shape index (κ3) is 2.78. The Morgan fingerprint density at radius 1 is 1.04 bits per heavy atom. The lowest BCUT2D eigenvalue weighted by atomic mass is 10.0. The Kier molecular flexibility index (Phi) is 3.67. The summed E-state index contributed by atoms with van der Waals surface area (Å²) >= 11 is 1.42. The fourth-order valence-electron chi connectivity index (χ4n) is 2.88. The number of ketones is 1. The van der Waals surface area contributed by atoms with Gasteiger partial charge in [0.1, 0.15) is 5.03 Å². The molecule has 112 valence electrons. The monoisotopic (exact) mass is 318 g/mol. The second-order valence-electron chi connectivity index (χ2n) is 5.46. The van der Waals surface area contributed by atoms with Gasteiger partial charge < -0.3 is 0 Å². The molecule has 3 aromatic rings. The van der Waals surface area contributed by atoms with Crippen molar-refractivity contribution in [3.05, 3.63) is 77.7 Å². The number of thioether (sulfide) groups is 1. The van der Waals surface area contributed by atoms with Crippen molar-refractivity contribution in [2.24, 2.45) is 0 Å². The predicted molar refractivity (Wildman–Crippen MR) is 91.8 cm³/mol. The van der Waals surface area contributed by atoms with Gasteiger partial charge in [-0.2, -0.15) is 0 Å². The molecule has 0 saturated carbocycles. The SMILES string of the molecule is O=C(CSc1cnccn1)c1ccc2c(c1)-c1ccccc1C2. The Balaban J connectivity index is 1.56. The minimum atomic E-state index is 0.118. The third-order valence-electron chi connectivity index (χ3n) is 4.01. The highest BCUT2D eigenvalue weighted by Crippen LogP contribution is 2.37. The molecule has 1 aromatic heterocycles. The van der Waals surface area contributed by atoms with Gasteiger partial charge in [0, 0.05) is 18.0 Å². The van der Waals surface area contributed by atoms with E-state index in [2.05, 4.69) is 34.2 Å². The standard InChI is InChI=1S/C19H14N2OS/c22-18(12-23-19-11-20-7-8-21-19)15-6-5-14-9-13-3-1-2-4-16(13)17(14)10-15/h1-8,10-11H,9,12H2. The molecule has 0 bridgehead atoms. The van der Waals surface area contributed by atoms with Crippen LogP contribution >= 0.6 is 11.8 Å². The fourth-order valence-corrected chi connectivity index (χ4v) is 3.60. The highest BCUT2D eigenvalue weighted by molar-refractivity contribution is 7.99. The zero-order chi connectivity index (χ0) is 15.6. The first-order valence-electron chi connectivity index (χ1n) is 7.44. The molecule has 0 amide bonds. The Labute approximate surface area is 138 Å². The highest BCUT2D eigenvalue weighted by atomic mass is 32.2. The Hall–Kier alpha value is -2.46. The van der Waals surface area contributed by atoms with Crippen LogP contribution in [0.5, 0.6) is 0 Å². The third-order valence-corrected chi connectivity index (χ3v) is 4.92. The van der Waals surface area contributed by atoms with E-state index < -0.39 is 0 Å². The lowest BCUT2D eigenvalue weighted by Crippen LogP contribution is -2.03. The van der Waals surface area contributed by atoms with E-state index >= 15 is 0 Å². The second kappa shape index (κ2) is 5.97. The molecule has 0 spiro atoms. The number of nitrogens with zero attached hydrogens (tertiary/aromatic N) is 2. The number of Topliss-reactive ketones (excluding diaryl/α,β-unsaturated/α-hetero) is 1. The van der Waals surface area contributed by atoms with Crippen LogP contribution in [-0.4, -0.2) is 21.5 Å². The summed E-state index contributed by atoms with van der Waals surface area (Å²) in [6, 6.07) is 14.4. The summed E-state index contributed by atoms with van der Waals surface area (Å²) in [6.45, 7) is 0. The molecular weight excluding hydrogens is 304 g/mol. The molecule has 4 heteroatoms. The number of fused-ring (bicyclic) bond motifs is 3. The van der Waals surface area contributed by atoms with Gasteiger partial charge in [-0.1, -0.05) is 48.2 Å². The van der Waals surface area contributed by atoms with Gasteiger partial charge in [-0.05, 0) is 34.7 Å². The quantitative estimate of drug-likeness (QED) is 0.421. The Morgan fingerprint density at radius 3 is 2.78 bits per heavy atom. The van der Waals surface area contributed by atoms with E-state index in [0.29, 0.717) is 5.75 Å². The Morgan fingerprint density at radius 2 is 1.91 bits per heavy atom. The molecule has 0 unspecified atom stereocenters. The Bertz CT molecular complexity index is 878. The molecular formula is C19H14N2OS. The topological polar surface area (TPSA) is 42.9 Å². The van der Waals surface area contributed by atoms with Crippen molar-refractivity contribution in [1.82, 2.24) is 9.97 Å². The van der Waals surface area contributed by atoms with Crippen LogP contribution < -0.4 is 0 Å². The molecule has 1 heterocycles. The highest BCUT2D eigenvalue weighted by Gasteiger charge is 2.19. The normalized spacial score (nSPS) is 11.8. The van der Waals surface area contributed by atoms with E-state index in [1.54, 1.807) is 18.6 Å². The number of hydrogen-bond acceptors (Lipinski definition) is 4. The average Bonchev–Trinajstić information content (AvgIpc) is 2.98. The number of rotatable bonds is 4. The van der Waals surface area contributed by atoms with Gasteiger partial charge >= 0.3 is 0 Å². The summed E-state index contributed by atoms with van der Waals surface area (Å²) in [5, 5.41) is 0.771. The molecule has 23 heavy (non-hydrogen) atoms. The average molecular weight is 318 g/mol. The van der Waals surface area contributed by atoms with E-state index in [9.17, 15) is 4.79 Å². The van der Waals surface area contributed by atoms with Gasteiger partial charge in [0.15, 0.2) is 5.78 Å². The van der Waals surface area contributed by atoms with Gasteiger partial charge in [-0.25, -0.2) is 4.98 Å². The van der Waals surface area contributed by atoms with Crippen LogP contribution in [0.2, 0.25) is 0 Å². The van der Waals surface area contributed by atoms with Crippen molar-refractivity contribution in [2.45, 2.75) is 11.4 Å². The van der Waals surface area contributed by atoms with E-state index in [1.165, 1.54) is 34.0 Å². The van der Waals surface area contributed by atoms with Crippen LogP contribution in [0.1, 0.15) is 21.5 Å². The molecule has 0 saturated heterocycles. The summed E-state index contributed by atoms with van der Waals surface area (Å²) in [4.78, 5) is 20.7. The van der Waals surface area contributed by atoms with Crippen LogP contribution in [0.25, 0.3) is 11.1 Å². The maximum absolute atomic E-state index is 12.5. The lowest BCUT2D eigenvalue weighted by molar-refractivity contribution is 0.102. The maximum atomic E-state index is 12.5. The number of carbonyl (C=O) groups excluding carboxylic acids is 1. The van der Waals surface area contributed by atoms with Crippen LogP contribution in [-0.2, 0) is 6.42 Å². The smallest absolute Gasteiger partial charge is 0.173 e. The number of benzene rings is 2. The van der Waals surface area contributed by atoms with E-state index in [4.69, 9.17) is 0 Å². The first-order chi connectivity index (χ1) is 11.3. The fraction of sp³-hybridized carbons (Fsp3) is 0.105. The first-order valence-corrected chi connectivity index (χ1v) is 8.43. The van der Waals surface area contributed by atoms with Crippen LogP contribution in [0, 0.1) is 0 Å². The lowest BCUT2D eigenvalue weighted by Gasteiger charge is -2.05.